The van der Waals surface area contributed by atoms with Gasteiger partial charge in [-0.15, -0.1) is 0 Å². The van der Waals surface area contributed by atoms with Gasteiger partial charge in [-0.3, -0.25) is 0 Å². The molecule has 0 unspecified atom stereocenters. The maximum Gasteiger partial charge on any atom is 0.0837 e. The molecule has 1 aliphatic carbocycles. The van der Waals surface area contributed by atoms with Crippen LogP contribution >= 0.6 is 23.2 Å². The molecule has 0 amide bonds. The van der Waals surface area contributed by atoms with E-state index in [1.807, 2.05) is 12.1 Å². The van der Waals surface area contributed by atoms with Gasteiger partial charge in [0.15, 0.2) is 0 Å². The Kier molecular flexibility index (Phi) is 2.43. The largest absolute Gasteiger partial charge is 0.197 e. The van der Waals surface area contributed by atoms with E-state index < -0.39 is 0 Å². The van der Waals surface area contributed by atoms with Gasteiger partial charge in [0.25, 0.3) is 0 Å². The molecule has 1 saturated carbocycles. The first kappa shape index (κ1) is 9.83. The molecule has 3 heteroatoms. The van der Waals surface area contributed by atoms with Gasteiger partial charge >= 0.3 is 0 Å². The SMILES string of the molecule is N#CC1(c2cccc(Cl)c2Cl)CCC1. The Hall–Kier alpha value is -0.710. The van der Waals surface area contributed by atoms with E-state index in [2.05, 4.69) is 6.07 Å². The number of nitriles is 1. The molecule has 14 heavy (non-hydrogen) atoms. The summed E-state index contributed by atoms with van der Waals surface area (Å²) >= 11 is 12.0. The molecule has 0 aliphatic heterocycles. The molecule has 0 spiro atoms. The molecule has 1 aromatic carbocycles. The van der Waals surface area contributed by atoms with Gasteiger partial charge < -0.3 is 0 Å². The molecular weight excluding hydrogens is 217 g/mol. The van der Waals surface area contributed by atoms with E-state index in [9.17, 15) is 0 Å². The highest BCUT2D eigenvalue weighted by Crippen LogP contribution is 2.46. The fraction of sp³-hybridized carbons (Fsp3) is 0.364. The average molecular weight is 226 g/mol. The van der Waals surface area contributed by atoms with Gasteiger partial charge in [0, 0.05) is 0 Å². The summed E-state index contributed by atoms with van der Waals surface area (Å²) in [5, 5.41) is 10.2. The summed E-state index contributed by atoms with van der Waals surface area (Å²) in [7, 11) is 0. The third-order valence-corrected chi connectivity index (χ3v) is 3.71. The van der Waals surface area contributed by atoms with Crippen LogP contribution in [0.1, 0.15) is 24.8 Å². The monoisotopic (exact) mass is 225 g/mol. The molecule has 1 fully saturated rings. The lowest BCUT2D eigenvalue weighted by Crippen LogP contribution is -2.32. The molecule has 0 radical (unpaired) electrons. The number of benzene rings is 1. The lowest BCUT2D eigenvalue weighted by molar-refractivity contribution is 0.324. The summed E-state index contributed by atoms with van der Waals surface area (Å²) in [4.78, 5) is 0. The predicted octanol–water partition coefficient (Wildman–Crippen LogP) is 3.94. The van der Waals surface area contributed by atoms with Gasteiger partial charge in [-0.1, -0.05) is 35.3 Å². The normalized spacial score (nSPS) is 18.4. The van der Waals surface area contributed by atoms with Crippen molar-refractivity contribution in [3.8, 4) is 6.07 Å². The molecular formula is C11H9Cl2N. The fourth-order valence-corrected chi connectivity index (χ4v) is 2.33. The Morgan fingerprint density at radius 2 is 2.00 bits per heavy atom. The highest BCUT2D eigenvalue weighted by Gasteiger charge is 2.40. The second kappa shape index (κ2) is 3.46. The standard InChI is InChI=1S/C11H9Cl2N/c12-9-4-1-3-8(10(9)13)11(7-14)5-2-6-11/h1,3-4H,2,5-6H2. The van der Waals surface area contributed by atoms with Crippen molar-refractivity contribution in [3.63, 3.8) is 0 Å². The van der Waals surface area contributed by atoms with Crippen LogP contribution in [0.5, 0.6) is 0 Å². The minimum absolute atomic E-state index is 0.373. The minimum atomic E-state index is -0.373. The number of nitrogens with zero attached hydrogens (tertiary/aromatic N) is 1. The Morgan fingerprint density at radius 3 is 2.50 bits per heavy atom. The Balaban J connectivity index is 2.51. The van der Waals surface area contributed by atoms with E-state index in [4.69, 9.17) is 28.5 Å². The smallest absolute Gasteiger partial charge is 0.0837 e. The average Bonchev–Trinajstić information content (AvgIpc) is 2.11. The Morgan fingerprint density at radius 1 is 1.29 bits per heavy atom. The van der Waals surface area contributed by atoms with Crippen molar-refractivity contribution in [3.05, 3.63) is 33.8 Å². The number of halogens is 2. The second-order valence-corrected chi connectivity index (χ2v) is 4.43. The molecule has 0 bridgehead atoms. The van der Waals surface area contributed by atoms with E-state index in [0.29, 0.717) is 10.0 Å². The third kappa shape index (κ3) is 1.30. The van der Waals surface area contributed by atoms with Crippen molar-refractivity contribution in [2.45, 2.75) is 24.7 Å². The predicted molar refractivity (Wildman–Crippen MR) is 57.6 cm³/mol. The summed E-state index contributed by atoms with van der Waals surface area (Å²) < 4.78 is 0. The van der Waals surface area contributed by atoms with Gasteiger partial charge in [-0.05, 0) is 30.9 Å². The lowest BCUT2D eigenvalue weighted by Gasteiger charge is -2.36. The van der Waals surface area contributed by atoms with Crippen LogP contribution in [0.25, 0.3) is 0 Å². The van der Waals surface area contributed by atoms with Crippen molar-refractivity contribution in [2.75, 3.05) is 0 Å². The summed E-state index contributed by atoms with van der Waals surface area (Å²) in [6.07, 6.45) is 2.88. The van der Waals surface area contributed by atoms with Crippen molar-refractivity contribution in [2.24, 2.45) is 0 Å². The van der Waals surface area contributed by atoms with Crippen molar-refractivity contribution in [1.29, 1.82) is 5.26 Å². The van der Waals surface area contributed by atoms with Crippen LogP contribution in [0.15, 0.2) is 18.2 Å². The van der Waals surface area contributed by atoms with Gasteiger partial charge in [0.05, 0.1) is 21.5 Å². The van der Waals surface area contributed by atoms with E-state index in [0.717, 1.165) is 24.8 Å². The van der Waals surface area contributed by atoms with Crippen molar-refractivity contribution in [1.82, 2.24) is 0 Å². The number of rotatable bonds is 1. The zero-order valence-corrected chi connectivity index (χ0v) is 9.07. The van der Waals surface area contributed by atoms with Crippen LogP contribution in [0.2, 0.25) is 10.0 Å². The topological polar surface area (TPSA) is 23.8 Å². The van der Waals surface area contributed by atoms with Crippen LogP contribution in [0.4, 0.5) is 0 Å². The number of hydrogen-bond donors (Lipinski definition) is 0. The highest BCUT2D eigenvalue weighted by atomic mass is 35.5. The van der Waals surface area contributed by atoms with Crippen LogP contribution in [0, 0.1) is 11.3 Å². The molecule has 0 atom stereocenters. The quantitative estimate of drug-likeness (QED) is 0.711. The highest BCUT2D eigenvalue weighted by molar-refractivity contribution is 6.42. The van der Waals surface area contributed by atoms with E-state index in [1.54, 1.807) is 6.07 Å². The van der Waals surface area contributed by atoms with Crippen LogP contribution in [-0.4, -0.2) is 0 Å². The van der Waals surface area contributed by atoms with Crippen molar-refractivity contribution >= 4 is 23.2 Å². The molecule has 1 aliphatic rings. The maximum absolute atomic E-state index is 9.15. The van der Waals surface area contributed by atoms with Gasteiger partial charge in [0.2, 0.25) is 0 Å². The fourth-order valence-electron chi connectivity index (χ4n) is 1.85. The molecule has 0 aromatic heterocycles. The first-order valence-electron chi connectivity index (χ1n) is 4.55. The van der Waals surface area contributed by atoms with E-state index in [-0.39, 0.29) is 5.41 Å². The maximum atomic E-state index is 9.15. The zero-order chi connectivity index (χ0) is 10.2. The van der Waals surface area contributed by atoms with E-state index in [1.165, 1.54) is 0 Å². The molecule has 1 nitrogen and oxygen atoms in total. The second-order valence-electron chi connectivity index (χ2n) is 3.65. The molecule has 0 N–H and O–H groups in total. The van der Waals surface area contributed by atoms with Crippen molar-refractivity contribution < 1.29 is 0 Å². The summed E-state index contributed by atoms with van der Waals surface area (Å²) in [5.74, 6) is 0. The molecule has 0 heterocycles. The van der Waals surface area contributed by atoms with Gasteiger partial charge in [-0.2, -0.15) is 5.26 Å². The molecule has 72 valence electrons. The lowest BCUT2D eigenvalue weighted by atomic mass is 9.65. The molecule has 1 aromatic rings. The van der Waals surface area contributed by atoms with Gasteiger partial charge in [0.1, 0.15) is 0 Å². The Labute approximate surface area is 93.2 Å². The Bertz CT molecular complexity index is 402. The van der Waals surface area contributed by atoms with Crippen LogP contribution < -0.4 is 0 Å². The van der Waals surface area contributed by atoms with E-state index >= 15 is 0 Å². The third-order valence-electron chi connectivity index (χ3n) is 2.89. The summed E-state index contributed by atoms with van der Waals surface area (Å²) in [5.41, 5.74) is 0.516. The van der Waals surface area contributed by atoms with Gasteiger partial charge in [-0.25, -0.2) is 0 Å². The van der Waals surface area contributed by atoms with Crippen LogP contribution in [-0.2, 0) is 5.41 Å². The number of hydrogen-bond acceptors (Lipinski definition) is 1. The first-order valence-corrected chi connectivity index (χ1v) is 5.31. The minimum Gasteiger partial charge on any atom is -0.197 e. The summed E-state index contributed by atoms with van der Waals surface area (Å²) in [6, 6.07) is 7.85. The van der Waals surface area contributed by atoms with Crippen LogP contribution in [0.3, 0.4) is 0 Å². The zero-order valence-electron chi connectivity index (χ0n) is 7.56. The summed E-state index contributed by atoms with van der Waals surface area (Å²) in [6.45, 7) is 0. The molecule has 0 saturated heterocycles. The molecule has 2 rings (SSSR count). The first-order chi connectivity index (χ1) is 6.69.